The molecule has 13 heteroatoms. The highest BCUT2D eigenvalue weighted by atomic mass is 35.5. The Balaban J connectivity index is 2.32. The number of hydrogen-bond acceptors (Lipinski definition) is 8. The third-order valence-corrected chi connectivity index (χ3v) is 3.91. The number of esters is 2. The number of carbonyl (C=O) groups excluding carboxylic acids is 2. The van der Waals surface area contributed by atoms with Gasteiger partial charge in [-0.1, -0.05) is 11.6 Å². The lowest BCUT2D eigenvalue weighted by molar-refractivity contribution is -0.385. The number of halogens is 4. The highest BCUT2D eigenvalue weighted by molar-refractivity contribution is 6.31. The van der Waals surface area contributed by atoms with E-state index in [-0.39, 0.29) is 12.4 Å². The largest absolute Gasteiger partial charge is 0.463 e. The average molecular weight is 463 g/mol. The second kappa shape index (κ2) is 9.60. The molecule has 0 saturated heterocycles. The van der Waals surface area contributed by atoms with Gasteiger partial charge in [0.05, 0.1) is 17.1 Å². The number of hydrogen-bond donors (Lipinski definition) is 0. The summed E-state index contributed by atoms with van der Waals surface area (Å²) in [6.07, 6.45) is -5.53. The van der Waals surface area contributed by atoms with Gasteiger partial charge in [0.25, 0.3) is 5.69 Å². The molecule has 0 saturated carbocycles. The van der Waals surface area contributed by atoms with Gasteiger partial charge in [-0.3, -0.25) is 10.1 Å². The first-order valence-corrected chi connectivity index (χ1v) is 8.88. The molecule has 0 amide bonds. The molecule has 1 heterocycles. The van der Waals surface area contributed by atoms with Gasteiger partial charge in [-0.15, -0.1) is 0 Å². The number of pyridine rings is 1. The number of ether oxygens (including phenoxy) is 3. The normalized spacial score (nSPS) is 12.1. The van der Waals surface area contributed by atoms with Crippen LogP contribution in [0.3, 0.4) is 0 Å². The van der Waals surface area contributed by atoms with E-state index in [4.69, 9.17) is 21.1 Å². The van der Waals surface area contributed by atoms with Gasteiger partial charge in [0, 0.05) is 18.3 Å². The fourth-order valence-corrected chi connectivity index (χ4v) is 2.41. The van der Waals surface area contributed by atoms with Crippen molar-refractivity contribution in [2.24, 2.45) is 0 Å². The van der Waals surface area contributed by atoms with Crippen molar-refractivity contribution in [2.75, 3.05) is 6.61 Å². The van der Waals surface area contributed by atoms with E-state index in [2.05, 4.69) is 9.72 Å². The quantitative estimate of drug-likeness (QED) is 0.334. The van der Waals surface area contributed by atoms with Crippen LogP contribution in [0.4, 0.5) is 18.9 Å². The summed E-state index contributed by atoms with van der Waals surface area (Å²) < 4.78 is 53.0. The highest BCUT2D eigenvalue weighted by Gasteiger charge is 2.32. The van der Waals surface area contributed by atoms with Gasteiger partial charge in [-0.2, -0.15) is 13.2 Å². The first kappa shape index (κ1) is 23.9. The molecule has 31 heavy (non-hydrogen) atoms. The third kappa shape index (κ3) is 6.04. The van der Waals surface area contributed by atoms with E-state index < -0.39 is 56.9 Å². The highest BCUT2D eigenvalue weighted by Crippen LogP contribution is 2.35. The van der Waals surface area contributed by atoms with Gasteiger partial charge in [0.1, 0.15) is 16.3 Å². The zero-order chi connectivity index (χ0) is 23.3. The van der Waals surface area contributed by atoms with E-state index in [1.165, 1.54) is 6.92 Å². The van der Waals surface area contributed by atoms with Crippen LogP contribution in [-0.2, 0) is 20.4 Å². The van der Waals surface area contributed by atoms with Gasteiger partial charge < -0.3 is 14.2 Å². The molecule has 2 aromatic rings. The second-order valence-electron chi connectivity index (χ2n) is 5.85. The fraction of sp³-hybridized carbons (Fsp3) is 0.278. The standard InChI is InChI=1S/C18H14ClF3N2O7/c1-3-29-16(25)9(2)30-17(26)12-7-11(4-5-14(12)24(27)28)31-15-13(19)6-10(8-23-15)18(20,21)22/h4-9H,3H2,1-2H3. The third-order valence-electron chi connectivity index (χ3n) is 3.64. The predicted octanol–water partition coefficient (Wildman–Crippen LogP) is 4.56. The Hall–Kier alpha value is -3.41. The summed E-state index contributed by atoms with van der Waals surface area (Å²) in [7, 11) is 0. The number of nitrogens with zero attached hydrogens (tertiary/aromatic N) is 2. The molecule has 0 aliphatic rings. The lowest BCUT2D eigenvalue weighted by Gasteiger charge is -2.13. The Morgan fingerprint density at radius 3 is 2.52 bits per heavy atom. The molecule has 0 aliphatic heterocycles. The Labute approximate surface area is 177 Å². The Morgan fingerprint density at radius 1 is 1.29 bits per heavy atom. The van der Waals surface area contributed by atoms with Crippen LogP contribution in [0.2, 0.25) is 5.02 Å². The van der Waals surface area contributed by atoms with Crippen LogP contribution in [-0.4, -0.2) is 34.6 Å². The molecule has 0 radical (unpaired) electrons. The van der Waals surface area contributed by atoms with Gasteiger partial charge in [-0.05, 0) is 26.0 Å². The molecule has 1 atom stereocenters. The molecule has 0 fully saturated rings. The number of nitro groups is 1. The average Bonchev–Trinajstić information content (AvgIpc) is 2.68. The minimum atomic E-state index is -4.67. The monoisotopic (exact) mass is 462 g/mol. The Morgan fingerprint density at radius 2 is 1.97 bits per heavy atom. The molecule has 2 rings (SSSR count). The zero-order valence-electron chi connectivity index (χ0n) is 15.9. The Kier molecular flexibility index (Phi) is 7.39. The second-order valence-corrected chi connectivity index (χ2v) is 6.25. The van der Waals surface area contributed by atoms with Gasteiger partial charge >= 0.3 is 18.1 Å². The SMILES string of the molecule is CCOC(=O)C(C)OC(=O)c1cc(Oc2ncc(C(F)(F)F)cc2Cl)ccc1[N+](=O)[O-]. The summed E-state index contributed by atoms with van der Waals surface area (Å²) in [6, 6.07) is 3.50. The first-order chi connectivity index (χ1) is 14.4. The van der Waals surface area contributed by atoms with Crippen molar-refractivity contribution >= 4 is 29.2 Å². The molecule has 1 aromatic carbocycles. The first-order valence-electron chi connectivity index (χ1n) is 8.50. The van der Waals surface area contributed by atoms with E-state index in [9.17, 15) is 32.9 Å². The van der Waals surface area contributed by atoms with E-state index in [1.807, 2.05) is 0 Å². The molecule has 1 aromatic heterocycles. The maximum Gasteiger partial charge on any atom is 0.417 e. The zero-order valence-corrected chi connectivity index (χ0v) is 16.7. The van der Waals surface area contributed by atoms with Crippen molar-refractivity contribution in [3.8, 4) is 11.6 Å². The van der Waals surface area contributed by atoms with E-state index in [0.29, 0.717) is 12.3 Å². The number of carbonyl (C=O) groups is 2. The van der Waals surface area contributed by atoms with Crippen molar-refractivity contribution < 1.29 is 41.9 Å². The summed E-state index contributed by atoms with van der Waals surface area (Å²) in [5.74, 6) is -2.70. The molecular formula is C18H14ClF3N2O7. The van der Waals surface area contributed by atoms with Crippen LogP contribution in [0.25, 0.3) is 0 Å². The predicted molar refractivity (Wildman–Crippen MR) is 98.9 cm³/mol. The Bertz CT molecular complexity index is 1010. The molecule has 9 nitrogen and oxygen atoms in total. The summed E-state index contributed by atoms with van der Waals surface area (Å²) >= 11 is 5.76. The number of rotatable bonds is 7. The van der Waals surface area contributed by atoms with Crippen LogP contribution in [0.5, 0.6) is 11.6 Å². The summed E-state index contributed by atoms with van der Waals surface area (Å²) in [5.41, 5.74) is -2.33. The molecular weight excluding hydrogens is 449 g/mol. The van der Waals surface area contributed by atoms with Crippen molar-refractivity contribution in [1.82, 2.24) is 4.98 Å². The fourth-order valence-electron chi connectivity index (χ4n) is 2.20. The lowest BCUT2D eigenvalue weighted by Crippen LogP contribution is -2.26. The van der Waals surface area contributed by atoms with E-state index in [1.54, 1.807) is 6.92 Å². The maximum absolute atomic E-state index is 12.7. The van der Waals surface area contributed by atoms with Crippen molar-refractivity contribution in [2.45, 2.75) is 26.1 Å². The number of benzene rings is 1. The minimum absolute atomic E-state index is 0.0328. The van der Waals surface area contributed by atoms with Crippen LogP contribution >= 0.6 is 11.6 Å². The summed E-state index contributed by atoms with van der Waals surface area (Å²) in [4.78, 5) is 37.8. The molecule has 166 valence electrons. The maximum atomic E-state index is 12.7. The van der Waals surface area contributed by atoms with Gasteiger partial charge in [-0.25, -0.2) is 14.6 Å². The van der Waals surface area contributed by atoms with Gasteiger partial charge in [0.15, 0.2) is 6.10 Å². The summed E-state index contributed by atoms with van der Waals surface area (Å²) in [6.45, 7) is 2.79. The summed E-state index contributed by atoms with van der Waals surface area (Å²) in [5, 5.41) is 10.8. The molecule has 1 unspecified atom stereocenters. The molecule has 0 aliphatic carbocycles. The van der Waals surface area contributed by atoms with E-state index in [0.717, 1.165) is 18.2 Å². The topological polar surface area (TPSA) is 118 Å². The van der Waals surface area contributed by atoms with E-state index >= 15 is 0 Å². The molecule has 0 N–H and O–H groups in total. The molecule has 0 spiro atoms. The molecule has 0 bridgehead atoms. The van der Waals surface area contributed by atoms with Crippen molar-refractivity contribution in [3.63, 3.8) is 0 Å². The number of aromatic nitrogens is 1. The van der Waals surface area contributed by atoms with Crippen LogP contribution < -0.4 is 4.74 Å². The van der Waals surface area contributed by atoms with Crippen LogP contribution in [0.15, 0.2) is 30.5 Å². The van der Waals surface area contributed by atoms with Crippen LogP contribution in [0.1, 0.15) is 29.8 Å². The van der Waals surface area contributed by atoms with Crippen molar-refractivity contribution in [3.05, 3.63) is 56.7 Å². The minimum Gasteiger partial charge on any atom is -0.463 e. The lowest BCUT2D eigenvalue weighted by atomic mass is 10.1. The van der Waals surface area contributed by atoms with Gasteiger partial charge in [0.2, 0.25) is 5.88 Å². The van der Waals surface area contributed by atoms with Crippen LogP contribution in [0, 0.1) is 10.1 Å². The smallest absolute Gasteiger partial charge is 0.417 e. The number of nitro benzene ring substituents is 1. The number of alkyl halides is 3. The van der Waals surface area contributed by atoms with Crippen molar-refractivity contribution in [1.29, 1.82) is 0 Å².